The molecule has 0 aromatic carbocycles. The quantitative estimate of drug-likeness (QED) is 0.618. The largest absolute Gasteiger partial charge is 0.368 e. The average molecular weight is 190 g/mol. The third-order valence-corrected chi connectivity index (χ3v) is 2.45. The van der Waals surface area contributed by atoms with E-state index in [1.54, 1.807) is 11.8 Å². The van der Waals surface area contributed by atoms with Crippen LogP contribution in [0.15, 0.2) is 0 Å². The lowest BCUT2D eigenvalue weighted by atomic mass is 10.3. The molecule has 12 heavy (non-hydrogen) atoms. The monoisotopic (exact) mass is 190 g/mol. The highest BCUT2D eigenvalue weighted by Crippen LogP contribution is 2.01. The first-order valence-electron chi connectivity index (χ1n) is 4.32. The highest BCUT2D eigenvalue weighted by Gasteiger charge is 2.12. The second kappa shape index (κ2) is 7.43. The van der Waals surface area contributed by atoms with Gasteiger partial charge in [-0.3, -0.25) is 4.79 Å². The van der Waals surface area contributed by atoms with Gasteiger partial charge in [0, 0.05) is 5.75 Å². The highest BCUT2D eigenvalue weighted by molar-refractivity contribution is 7.99. The molecule has 0 bridgehead atoms. The van der Waals surface area contributed by atoms with Gasteiger partial charge in [0.05, 0.1) is 6.04 Å². The number of carbonyl (C=O) groups excluding carboxylic acids is 1. The zero-order chi connectivity index (χ0) is 9.40. The van der Waals surface area contributed by atoms with Crippen LogP contribution in [0, 0.1) is 0 Å². The standard InChI is InChI=1S/C8H18N2OS/c1-3-5-10-7(8(9)11)6-12-4-2/h7,10H,3-6H2,1-2H3,(H2,9,11). The summed E-state index contributed by atoms with van der Waals surface area (Å²) in [6, 6.07) is -0.158. The fourth-order valence-corrected chi connectivity index (χ4v) is 1.55. The van der Waals surface area contributed by atoms with Crippen molar-refractivity contribution in [3.05, 3.63) is 0 Å². The zero-order valence-corrected chi connectivity index (χ0v) is 8.62. The van der Waals surface area contributed by atoms with Gasteiger partial charge in [-0.05, 0) is 18.7 Å². The molecule has 0 fully saturated rings. The number of hydrogen-bond acceptors (Lipinski definition) is 3. The Kier molecular flexibility index (Phi) is 7.29. The Balaban J connectivity index is 3.62. The van der Waals surface area contributed by atoms with E-state index in [0.29, 0.717) is 0 Å². The molecule has 0 aliphatic carbocycles. The van der Waals surface area contributed by atoms with Gasteiger partial charge in [-0.2, -0.15) is 11.8 Å². The molecule has 0 aromatic heterocycles. The van der Waals surface area contributed by atoms with Crippen LogP contribution in [0.5, 0.6) is 0 Å². The Hall–Kier alpha value is -0.220. The first kappa shape index (κ1) is 11.8. The van der Waals surface area contributed by atoms with Crippen LogP contribution in [0.1, 0.15) is 20.3 Å². The van der Waals surface area contributed by atoms with Crippen molar-refractivity contribution in [2.45, 2.75) is 26.3 Å². The normalized spacial score (nSPS) is 12.8. The minimum Gasteiger partial charge on any atom is -0.368 e. The molecule has 0 radical (unpaired) electrons. The van der Waals surface area contributed by atoms with Crippen LogP contribution in [0.2, 0.25) is 0 Å². The Morgan fingerprint density at radius 1 is 1.58 bits per heavy atom. The molecule has 0 aromatic rings. The Morgan fingerprint density at radius 2 is 2.25 bits per heavy atom. The van der Waals surface area contributed by atoms with E-state index in [0.717, 1.165) is 24.5 Å². The van der Waals surface area contributed by atoms with Crippen molar-refractivity contribution in [2.24, 2.45) is 5.73 Å². The maximum atomic E-state index is 10.9. The summed E-state index contributed by atoms with van der Waals surface area (Å²) < 4.78 is 0. The van der Waals surface area contributed by atoms with Gasteiger partial charge in [-0.1, -0.05) is 13.8 Å². The van der Waals surface area contributed by atoms with Crippen LogP contribution in [0.3, 0.4) is 0 Å². The summed E-state index contributed by atoms with van der Waals surface area (Å²) in [5.41, 5.74) is 5.20. The predicted octanol–water partition coefficient (Wildman–Crippen LogP) is 0.593. The predicted molar refractivity (Wildman–Crippen MR) is 54.3 cm³/mol. The SMILES string of the molecule is CCCNC(CSCC)C(N)=O. The molecule has 0 aliphatic heterocycles. The first-order chi connectivity index (χ1) is 5.72. The van der Waals surface area contributed by atoms with E-state index in [1.807, 2.05) is 0 Å². The fraction of sp³-hybridized carbons (Fsp3) is 0.875. The molecule has 0 aliphatic rings. The van der Waals surface area contributed by atoms with Gasteiger partial charge >= 0.3 is 0 Å². The van der Waals surface area contributed by atoms with E-state index in [-0.39, 0.29) is 11.9 Å². The highest BCUT2D eigenvalue weighted by atomic mass is 32.2. The lowest BCUT2D eigenvalue weighted by molar-refractivity contribution is -0.119. The molecular weight excluding hydrogens is 172 g/mol. The van der Waals surface area contributed by atoms with Crippen molar-refractivity contribution in [1.82, 2.24) is 5.32 Å². The molecule has 1 atom stereocenters. The molecule has 3 nitrogen and oxygen atoms in total. The van der Waals surface area contributed by atoms with Crippen molar-refractivity contribution in [3.63, 3.8) is 0 Å². The summed E-state index contributed by atoms with van der Waals surface area (Å²) in [6.07, 6.45) is 1.03. The summed E-state index contributed by atoms with van der Waals surface area (Å²) in [5, 5.41) is 3.11. The number of primary amides is 1. The smallest absolute Gasteiger partial charge is 0.235 e. The van der Waals surface area contributed by atoms with E-state index in [9.17, 15) is 4.79 Å². The van der Waals surface area contributed by atoms with Gasteiger partial charge in [0.2, 0.25) is 5.91 Å². The molecule has 0 spiro atoms. The summed E-state index contributed by atoms with van der Waals surface area (Å²) in [6.45, 7) is 5.00. The summed E-state index contributed by atoms with van der Waals surface area (Å²) in [5.74, 6) is 1.56. The Bertz CT molecular complexity index is 122. The third kappa shape index (κ3) is 5.43. The summed E-state index contributed by atoms with van der Waals surface area (Å²) in [7, 11) is 0. The molecule has 0 heterocycles. The minimum atomic E-state index is -0.246. The van der Waals surface area contributed by atoms with Gasteiger partial charge in [0.1, 0.15) is 0 Å². The van der Waals surface area contributed by atoms with Crippen LogP contribution >= 0.6 is 11.8 Å². The average Bonchev–Trinajstić information content (AvgIpc) is 2.04. The van der Waals surface area contributed by atoms with Gasteiger partial charge in [-0.15, -0.1) is 0 Å². The number of nitrogens with two attached hydrogens (primary N) is 1. The first-order valence-corrected chi connectivity index (χ1v) is 5.48. The Morgan fingerprint density at radius 3 is 2.67 bits per heavy atom. The van der Waals surface area contributed by atoms with Crippen LogP contribution in [0.4, 0.5) is 0 Å². The van der Waals surface area contributed by atoms with E-state index >= 15 is 0 Å². The third-order valence-electron chi connectivity index (χ3n) is 1.47. The second-order valence-corrected chi connectivity index (χ2v) is 3.89. The van der Waals surface area contributed by atoms with Crippen LogP contribution < -0.4 is 11.1 Å². The van der Waals surface area contributed by atoms with Crippen LogP contribution in [0.25, 0.3) is 0 Å². The molecule has 0 rings (SSSR count). The van der Waals surface area contributed by atoms with Gasteiger partial charge in [0.15, 0.2) is 0 Å². The fourth-order valence-electron chi connectivity index (χ4n) is 0.796. The molecule has 4 heteroatoms. The van der Waals surface area contributed by atoms with Crippen molar-refractivity contribution in [1.29, 1.82) is 0 Å². The van der Waals surface area contributed by atoms with E-state index < -0.39 is 0 Å². The summed E-state index contributed by atoms with van der Waals surface area (Å²) in [4.78, 5) is 10.9. The molecule has 72 valence electrons. The van der Waals surface area contributed by atoms with E-state index in [2.05, 4.69) is 19.2 Å². The zero-order valence-electron chi connectivity index (χ0n) is 7.80. The van der Waals surface area contributed by atoms with Crippen molar-refractivity contribution < 1.29 is 4.79 Å². The number of rotatable bonds is 7. The van der Waals surface area contributed by atoms with Gasteiger partial charge in [-0.25, -0.2) is 0 Å². The number of thioether (sulfide) groups is 1. The van der Waals surface area contributed by atoms with Gasteiger partial charge in [0.25, 0.3) is 0 Å². The van der Waals surface area contributed by atoms with E-state index in [4.69, 9.17) is 5.73 Å². The lowest BCUT2D eigenvalue weighted by Gasteiger charge is -2.13. The summed E-state index contributed by atoms with van der Waals surface area (Å²) >= 11 is 1.73. The number of carbonyl (C=O) groups is 1. The van der Waals surface area contributed by atoms with Crippen LogP contribution in [-0.2, 0) is 4.79 Å². The molecule has 3 N–H and O–H groups in total. The molecular formula is C8H18N2OS. The Labute approximate surface area is 78.5 Å². The van der Waals surface area contributed by atoms with Gasteiger partial charge < -0.3 is 11.1 Å². The molecule has 1 unspecified atom stereocenters. The molecule has 0 saturated heterocycles. The maximum Gasteiger partial charge on any atom is 0.235 e. The molecule has 0 saturated carbocycles. The number of amides is 1. The van der Waals surface area contributed by atoms with Crippen molar-refractivity contribution in [3.8, 4) is 0 Å². The maximum absolute atomic E-state index is 10.9. The lowest BCUT2D eigenvalue weighted by Crippen LogP contribution is -2.43. The van der Waals surface area contributed by atoms with Crippen molar-refractivity contribution >= 4 is 17.7 Å². The second-order valence-electron chi connectivity index (χ2n) is 2.57. The number of hydrogen-bond donors (Lipinski definition) is 2. The molecule has 1 amide bonds. The van der Waals surface area contributed by atoms with Crippen LogP contribution in [-0.4, -0.2) is 30.0 Å². The number of nitrogens with one attached hydrogen (secondary N) is 1. The van der Waals surface area contributed by atoms with E-state index in [1.165, 1.54) is 0 Å². The van der Waals surface area contributed by atoms with Crippen molar-refractivity contribution in [2.75, 3.05) is 18.1 Å². The minimum absolute atomic E-state index is 0.158. The topological polar surface area (TPSA) is 55.1 Å².